The molecule has 4 nitrogen and oxygen atoms in total. The van der Waals surface area contributed by atoms with E-state index in [-0.39, 0.29) is 12.6 Å². The molecule has 1 aromatic rings. The Morgan fingerprint density at radius 2 is 2.39 bits per heavy atom. The van der Waals surface area contributed by atoms with Crippen molar-refractivity contribution in [3.05, 3.63) is 29.8 Å². The van der Waals surface area contributed by atoms with Crippen molar-refractivity contribution >= 4 is 0 Å². The molecule has 4 heteroatoms. The van der Waals surface area contributed by atoms with Crippen molar-refractivity contribution in [2.75, 3.05) is 26.7 Å². The summed E-state index contributed by atoms with van der Waals surface area (Å²) in [4.78, 5) is 2.28. The van der Waals surface area contributed by atoms with Gasteiger partial charge in [0.2, 0.25) is 0 Å². The summed E-state index contributed by atoms with van der Waals surface area (Å²) in [6.07, 6.45) is 1.90. The van der Waals surface area contributed by atoms with E-state index in [2.05, 4.69) is 11.9 Å². The Kier molecular flexibility index (Phi) is 4.58. The Bertz CT molecular complexity index is 384. The lowest BCUT2D eigenvalue weighted by molar-refractivity contribution is 0.104. The average molecular weight is 250 g/mol. The van der Waals surface area contributed by atoms with Gasteiger partial charge in [-0.15, -0.1) is 0 Å². The second-order valence-corrected chi connectivity index (χ2v) is 4.97. The molecule has 0 aliphatic carbocycles. The summed E-state index contributed by atoms with van der Waals surface area (Å²) >= 11 is 0. The molecule has 1 fully saturated rings. The van der Waals surface area contributed by atoms with E-state index < -0.39 is 6.10 Å². The van der Waals surface area contributed by atoms with E-state index in [0.29, 0.717) is 0 Å². The van der Waals surface area contributed by atoms with Crippen molar-refractivity contribution in [1.82, 2.24) is 4.90 Å². The summed E-state index contributed by atoms with van der Waals surface area (Å²) in [6, 6.07) is 7.58. The lowest BCUT2D eigenvalue weighted by Crippen LogP contribution is -2.38. The van der Waals surface area contributed by atoms with Crippen LogP contribution < -0.4 is 10.5 Å². The van der Waals surface area contributed by atoms with Crippen LogP contribution in [-0.2, 0) is 0 Å². The van der Waals surface area contributed by atoms with Gasteiger partial charge in [-0.1, -0.05) is 12.1 Å². The first kappa shape index (κ1) is 13.3. The summed E-state index contributed by atoms with van der Waals surface area (Å²) in [6.45, 7) is 2.34. The molecule has 0 radical (unpaired) electrons. The molecule has 2 rings (SSSR count). The van der Waals surface area contributed by atoms with E-state index in [1.165, 1.54) is 6.42 Å². The molecule has 2 unspecified atom stereocenters. The minimum absolute atomic E-state index is 0.232. The van der Waals surface area contributed by atoms with Crippen molar-refractivity contribution < 1.29 is 9.84 Å². The summed E-state index contributed by atoms with van der Waals surface area (Å²) in [5.41, 5.74) is 6.28. The highest BCUT2D eigenvalue weighted by Gasteiger charge is 2.18. The van der Waals surface area contributed by atoms with Crippen molar-refractivity contribution in [3.8, 4) is 5.75 Å². The van der Waals surface area contributed by atoms with Gasteiger partial charge in [0.05, 0.1) is 6.10 Å². The zero-order valence-corrected chi connectivity index (χ0v) is 10.9. The van der Waals surface area contributed by atoms with Crippen molar-refractivity contribution in [3.63, 3.8) is 0 Å². The fourth-order valence-electron chi connectivity index (χ4n) is 2.34. The molecule has 1 aliphatic heterocycles. The lowest BCUT2D eigenvalue weighted by atomic mass is 10.1. The minimum Gasteiger partial charge on any atom is -0.489 e. The normalized spacial score (nSPS) is 22.7. The third-order valence-electron chi connectivity index (χ3n) is 3.35. The van der Waals surface area contributed by atoms with Gasteiger partial charge in [-0.05, 0) is 44.1 Å². The summed E-state index contributed by atoms with van der Waals surface area (Å²) in [7, 11) is 2.12. The zero-order valence-electron chi connectivity index (χ0n) is 10.9. The van der Waals surface area contributed by atoms with E-state index in [0.717, 1.165) is 30.8 Å². The third kappa shape index (κ3) is 3.45. The van der Waals surface area contributed by atoms with Gasteiger partial charge in [-0.25, -0.2) is 0 Å². The van der Waals surface area contributed by atoms with E-state index in [1.54, 1.807) is 0 Å². The maximum atomic E-state index is 9.71. The number of aliphatic hydroxyl groups excluding tert-OH is 1. The number of piperidine rings is 1. The maximum absolute atomic E-state index is 9.71. The first-order valence-corrected chi connectivity index (χ1v) is 6.52. The second-order valence-electron chi connectivity index (χ2n) is 4.97. The predicted octanol–water partition coefficient (Wildman–Crippen LogP) is 1.15. The van der Waals surface area contributed by atoms with Gasteiger partial charge in [0.1, 0.15) is 11.9 Å². The van der Waals surface area contributed by atoms with Crippen LogP contribution in [0.2, 0.25) is 0 Å². The van der Waals surface area contributed by atoms with Crippen molar-refractivity contribution in [2.24, 2.45) is 5.73 Å². The van der Waals surface area contributed by atoms with Gasteiger partial charge in [0, 0.05) is 13.1 Å². The van der Waals surface area contributed by atoms with Crippen LogP contribution in [0.5, 0.6) is 5.75 Å². The van der Waals surface area contributed by atoms with Crippen molar-refractivity contribution in [2.45, 2.75) is 25.0 Å². The fraction of sp³-hybridized carbons (Fsp3) is 0.571. The Hall–Kier alpha value is -1.10. The smallest absolute Gasteiger partial charge is 0.120 e. The highest BCUT2D eigenvalue weighted by Crippen LogP contribution is 2.22. The lowest BCUT2D eigenvalue weighted by Gasteiger charge is -2.30. The zero-order chi connectivity index (χ0) is 13.0. The van der Waals surface area contributed by atoms with Gasteiger partial charge >= 0.3 is 0 Å². The van der Waals surface area contributed by atoms with E-state index in [4.69, 9.17) is 10.5 Å². The molecule has 1 aliphatic rings. The van der Waals surface area contributed by atoms with Crippen LogP contribution in [0.25, 0.3) is 0 Å². The summed E-state index contributed by atoms with van der Waals surface area (Å²) < 4.78 is 5.97. The Labute approximate surface area is 108 Å². The molecule has 100 valence electrons. The number of likely N-dealkylation sites (N-methyl/N-ethyl adjacent to an activating group) is 1. The predicted molar refractivity (Wildman–Crippen MR) is 71.6 cm³/mol. The van der Waals surface area contributed by atoms with Crippen LogP contribution in [0.15, 0.2) is 24.3 Å². The number of ether oxygens (including phenoxy) is 1. The number of likely N-dealkylation sites (tertiary alicyclic amines) is 1. The molecular weight excluding hydrogens is 228 g/mol. The average Bonchev–Trinajstić information content (AvgIpc) is 2.38. The minimum atomic E-state index is -0.609. The quantitative estimate of drug-likeness (QED) is 0.841. The van der Waals surface area contributed by atoms with Gasteiger partial charge in [-0.2, -0.15) is 0 Å². The fourth-order valence-corrected chi connectivity index (χ4v) is 2.34. The van der Waals surface area contributed by atoms with Crippen LogP contribution in [0.1, 0.15) is 24.5 Å². The molecule has 1 saturated heterocycles. The van der Waals surface area contributed by atoms with E-state index in [1.807, 2.05) is 24.3 Å². The number of aliphatic hydroxyl groups is 1. The molecule has 0 spiro atoms. The number of rotatable bonds is 4. The molecule has 1 aromatic carbocycles. The van der Waals surface area contributed by atoms with Crippen LogP contribution in [0, 0.1) is 0 Å². The molecule has 0 aromatic heterocycles. The van der Waals surface area contributed by atoms with Crippen LogP contribution in [0.4, 0.5) is 0 Å². The van der Waals surface area contributed by atoms with Crippen LogP contribution in [-0.4, -0.2) is 42.8 Å². The molecule has 0 amide bonds. The second kappa shape index (κ2) is 6.18. The van der Waals surface area contributed by atoms with Crippen LogP contribution in [0.3, 0.4) is 0 Å². The standard InChI is InChI=1S/C14H22N2O2/c1-16-7-3-6-13(10-16)18-12-5-2-4-11(8-12)14(17)9-15/h2,4-5,8,13-14,17H,3,6-7,9-10,15H2,1H3. The van der Waals surface area contributed by atoms with Crippen molar-refractivity contribution in [1.29, 1.82) is 0 Å². The number of hydrogen-bond donors (Lipinski definition) is 2. The largest absolute Gasteiger partial charge is 0.489 e. The molecular formula is C14H22N2O2. The van der Waals surface area contributed by atoms with Crippen LogP contribution >= 0.6 is 0 Å². The van der Waals surface area contributed by atoms with E-state index >= 15 is 0 Å². The third-order valence-corrected chi connectivity index (χ3v) is 3.35. The summed E-state index contributed by atoms with van der Waals surface area (Å²) in [5.74, 6) is 0.820. The Balaban J connectivity index is 2.00. The van der Waals surface area contributed by atoms with Gasteiger partial charge in [0.15, 0.2) is 0 Å². The number of benzene rings is 1. The van der Waals surface area contributed by atoms with Gasteiger partial charge < -0.3 is 20.5 Å². The van der Waals surface area contributed by atoms with Gasteiger partial charge in [-0.3, -0.25) is 0 Å². The Morgan fingerprint density at radius 1 is 1.56 bits per heavy atom. The Morgan fingerprint density at radius 3 is 3.11 bits per heavy atom. The first-order valence-electron chi connectivity index (χ1n) is 6.52. The highest BCUT2D eigenvalue weighted by atomic mass is 16.5. The molecule has 3 N–H and O–H groups in total. The maximum Gasteiger partial charge on any atom is 0.120 e. The number of nitrogens with two attached hydrogens (primary N) is 1. The molecule has 0 bridgehead atoms. The topological polar surface area (TPSA) is 58.7 Å². The number of nitrogens with zero attached hydrogens (tertiary/aromatic N) is 1. The highest BCUT2D eigenvalue weighted by molar-refractivity contribution is 5.30. The molecule has 2 atom stereocenters. The SMILES string of the molecule is CN1CCCC(Oc2cccc(C(O)CN)c2)C1. The first-order chi connectivity index (χ1) is 8.69. The number of hydrogen-bond acceptors (Lipinski definition) is 4. The summed E-state index contributed by atoms with van der Waals surface area (Å²) in [5, 5.41) is 9.71. The molecule has 1 heterocycles. The molecule has 0 saturated carbocycles. The molecule has 18 heavy (non-hydrogen) atoms. The monoisotopic (exact) mass is 250 g/mol. The van der Waals surface area contributed by atoms with Gasteiger partial charge in [0.25, 0.3) is 0 Å². The van der Waals surface area contributed by atoms with E-state index in [9.17, 15) is 5.11 Å².